The van der Waals surface area contributed by atoms with Gasteiger partial charge in [0.1, 0.15) is 4.90 Å². The molecule has 184 valence electrons. The van der Waals surface area contributed by atoms with Crippen LogP contribution in [0.15, 0.2) is 58.6 Å². The maximum Gasteiger partial charge on any atom is 0.251 e. The lowest BCUT2D eigenvalue weighted by molar-refractivity contribution is 0.0941. The van der Waals surface area contributed by atoms with Gasteiger partial charge in [-0.15, -0.1) is 0 Å². The minimum absolute atomic E-state index is 0.169. The normalized spacial score (nSPS) is 19.1. The van der Waals surface area contributed by atoms with E-state index in [1.807, 2.05) is 0 Å². The van der Waals surface area contributed by atoms with Crippen LogP contribution in [0.25, 0.3) is 0 Å². The lowest BCUT2D eigenvalue weighted by Gasteiger charge is -2.31. The minimum atomic E-state index is -3.55. The Morgan fingerprint density at radius 1 is 0.853 bits per heavy atom. The van der Waals surface area contributed by atoms with Crippen LogP contribution in [0.1, 0.15) is 42.5 Å². The number of benzene rings is 1. The third-order valence-corrected chi connectivity index (χ3v) is 10.3. The molecule has 2 fully saturated rings. The number of carbonyl (C=O) groups excluding carboxylic acids is 1. The van der Waals surface area contributed by atoms with E-state index in [0.29, 0.717) is 51.1 Å². The molecule has 9 nitrogen and oxygen atoms in total. The molecule has 1 amide bonds. The monoisotopic (exact) mass is 506 g/mol. The number of carbonyl (C=O) groups is 1. The molecular formula is C23H30N4O5S2. The first kappa shape index (κ1) is 24.8. The van der Waals surface area contributed by atoms with Gasteiger partial charge in [0.05, 0.1) is 4.90 Å². The highest BCUT2D eigenvalue weighted by atomic mass is 32.2. The standard InChI is InChI=1S/C23H30N4O5S2/c28-23(20-6-8-21(9-7-20)33(29,30)26-13-2-1-3-14-26)25-17-19-10-15-27(16-11-19)34(31,32)22-5-4-12-24-18-22/h4-9,12,18-19H,1-3,10-11,13-17H2,(H,25,28). The quantitative estimate of drug-likeness (QED) is 0.615. The number of piperidine rings is 2. The summed E-state index contributed by atoms with van der Waals surface area (Å²) >= 11 is 0. The Kier molecular flexibility index (Phi) is 7.66. The van der Waals surface area contributed by atoms with Crippen molar-refractivity contribution in [3.8, 4) is 0 Å². The van der Waals surface area contributed by atoms with Crippen molar-refractivity contribution in [3.63, 3.8) is 0 Å². The summed E-state index contributed by atoms with van der Waals surface area (Å²) in [4.78, 5) is 16.9. The zero-order valence-corrected chi connectivity index (χ0v) is 20.6. The Bertz CT molecular complexity index is 1190. The number of nitrogens with one attached hydrogen (secondary N) is 1. The summed E-state index contributed by atoms with van der Waals surface area (Å²) in [7, 11) is -7.08. The molecular weight excluding hydrogens is 476 g/mol. The zero-order valence-electron chi connectivity index (χ0n) is 19.0. The summed E-state index contributed by atoms with van der Waals surface area (Å²) in [6.07, 6.45) is 6.96. The SMILES string of the molecule is O=C(NCC1CCN(S(=O)(=O)c2cccnc2)CC1)c1ccc(S(=O)(=O)N2CCCCC2)cc1. The lowest BCUT2D eigenvalue weighted by atomic mass is 9.98. The fourth-order valence-corrected chi connectivity index (χ4v) is 7.33. The van der Waals surface area contributed by atoms with Gasteiger partial charge in [0.2, 0.25) is 20.0 Å². The van der Waals surface area contributed by atoms with Crippen LogP contribution in [0.3, 0.4) is 0 Å². The van der Waals surface area contributed by atoms with E-state index in [-0.39, 0.29) is 21.6 Å². The van der Waals surface area contributed by atoms with E-state index in [1.54, 1.807) is 6.07 Å². The van der Waals surface area contributed by atoms with Gasteiger partial charge in [0.25, 0.3) is 5.91 Å². The lowest BCUT2D eigenvalue weighted by Crippen LogP contribution is -2.41. The summed E-state index contributed by atoms with van der Waals surface area (Å²) in [5.41, 5.74) is 0.397. The summed E-state index contributed by atoms with van der Waals surface area (Å²) in [6.45, 7) is 2.29. The summed E-state index contributed by atoms with van der Waals surface area (Å²) in [5, 5.41) is 2.90. The number of aromatic nitrogens is 1. The van der Waals surface area contributed by atoms with Gasteiger partial charge in [-0.3, -0.25) is 9.78 Å². The topological polar surface area (TPSA) is 117 Å². The first-order valence-electron chi connectivity index (χ1n) is 11.6. The molecule has 0 saturated carbocycles. The molecule has 3 heterocycles. The predicted octanol–water partition coefficient (Wildman–Crippen LogP) is 2.09. The number of hydrogen-bond donors (Lipinski definition) is 1. The highest BCUT2D eigenvalue weighted by Gasteiger charge is 2.30. The van der Waals surface area contributed by atoms with Crippen molar-refractivity contribution in [1.82, 2.24) is 18.9 Å². The second kappa shape index (κ2) is 10.5. The van der Waals surface area contributed by atoms with E-state index in [9.17, 15) is 21.6 Å². The summed E-state index contributed by atoms with van der Waals surface area (Å²) in [5.74, 6) is -0.101. The molecule has 0 bridgehead atoms. The zero-order chi connectivity index (χ0) is 24.2. The first-order chi connectivity index (χ1) is 16.3. The fourth-order valence-electron chi connectivity index (χ4n) is 4.37. The Labute approximate surface area is 201 Å². The van der Waals surface area contributed by atoms with Crippen LogP contribution in [-0.4, -0.2) is 69.1 Å². The highest BCUT2D eigenvalue weighted by molar-refractivity contribution is 7.89. The molecule has 11 heteroatoms. The molecule has 2 aromatic rings. The van der Waals surface area contributed by atoms with Gasteiger partial charge in [-0.2, -0.15) is 8.61 Å². The third kappa shape index (κ3) is 5.48. The van der Waals surface area contributed by atoms with Crippen molar-refractivity contribution in [2.45, 2.75) is 41.9 Å². The van der Waals surface area contributed by atoms with Crippen molar-refractivity contribution in [2.75, 3.05) is 32.7 Å². The van der Waals surface area contributed by atoms with Gasteiger partial charge in [0.15, 0.2) is 0 Å². The second-order valence-corrected chi connectivity index (χ2v) is 12.6. The molecule has 2 aliphatic heterocycles. The number of sulfonamides is 2. The maximum absolute atomic E-state index is 12.8. The largest absolute Gasteiger partial charge is 0.352 e. The molecule has 0 aliphatic carbocycles. The van der Waals surface area contributed by atoms with E-state index in [1.165, 1.54) is 51.3 Å². The summed E-state index contributed by atoms with van der Waals surface area (Å²) < 4.78 is 53.9. The van der Waals surface area contributed by atoms with Crippen LogP contribution in [0.5, 0.6) is 0 Å². The first-order valence-corrected chi connectivity index (χ1v) is 14.4. The van der Waals surface area contributed by atoms with Gasteiger partial charge >= 0.3 is 0 Å². The van der Waals surface area contributed by atoms with Crippen molar-refractivity contribution < 1.29 is 21.6 Å². The van der Waals surface area contributed by atoms with Crippen LogP contribution in [-0.2, 0) is 20.0 Å². The van der Waals surface area contributed by atoms with Crippen molar-refractivity contribution in [2.24, 2.45) is 5.92 Å². The molecule has 2 saturated heterocycles. The van der Waals surface area contributed by atoms with Gasteiger partial charge in [0, 0.05) is 50.7 Å². The maximum atomic E-state index is 12.8. The average Bonchev–Trinajstić information content (AvgIpc) is 2.88. The smallest absolute Gasteiger partial charge is 0.251 e. The Morgan fingerprint density at radius 2 is 1.47 bits per heavy atom. The molecule has 0 radical (unpaired) electrons. The van der Waals surface area contributed by atoms with Crippen molar-refractivity contribution in [1.29, 1.82) is 0 Å². The Morgan fingerprint density at radius 3 is 2.09 bits per heavy atom. The van der Waals surface area contributed by atoms with Crippen LogP contribution in [0.4, 0.5) is 0 Å². The number of hydrogen-bond acceptors (Lipinski definition) is 6. The average molecular weight is 507 g/mol. The van der Waals surface area contributed by atoms with Gasteiger partial charge in [-0.05, 0) is 68.0 Å². The molecule has 1 N–H and O–H groups in total. The Balaban J connectivity index is 1.28. The fraction of sp³-hybridized carbons (Fsp3) is 0.478. The molecule has 4 rings (SSSR count). The molecule has 1 aromatic carbocycles. The van der Waals surface area contributed by atoms with Gasteiger partial charge < -0.3 is 5.32 Å². The number of rotatable bonds is 7. The van der Waals surface area contributed by atoms with E-state index >= 15 is 0 Å². The molecule has 0 spiro atoms. The van der Waals surface area contributed by atoms with Crippen LogP contribution < -0.4 is 5.32 Å². The number of amides is 1. The van der Waals surface area contributed by atoms with Crippen LogP contribution >= 0.6 is 0 Å². The summed E-state index contributed by atoms with van der Waals surface area (Å²) in [6, 6.07) is 9.19. The molecule has 2 aliphatic rings. The minimum Gasteiger partial charge on any atom is -0.352 e. The molecule has 0 unspecified atom stereocenters. The van der Waals surface area contributed by atoms with E-state index < -0.39 is 20.0 Å². The number of nitrogens with zero attached hydrogens (tertiary/aromatic N) is 3. The van der Waals surface area contributed by atoms with E-state index in [4.69, 9.17) is 0 Å². The van der Waals surface area contributed by atoms with Gasteiger partial charge in [-0.1, -0.05) is 6.42 Å². The van der Waals surface area contributed by atoms with Gasteiger partial charge in [-0.25, -0.2) is 16.8 Å². The van der Waals surface area contributed by atoms with E-state index in [0.717, 1.165) is 19.3 Å². The van der Waals surface area contributed by atoms with Crippen LogP contribution in [0, 0.1) is 5.92 Å². The second-order valence-electron chi connectivity index (χ2n) is 8.74. The molecule has 34 heavy (non-hydrogen) atoms. The van der Waals surface area contributed by atoms with E-state index in [2.05, 4.69) is 10.3 Å². The van der Waals surface area contributed by atoms with Crippen molar-refractivity contribution >= 4 is 26.0 Å². The molecule has 1 aromatic heterocycles. The highest BCUT2D eigenvalue weighted by Crippen LogP contribution is 2.24. The number of pyridine rings is 1. The predicted molar refractivity (Wildman–Crippen MR) is 127 cm³/mol. The molecule has 0 atom stereocenters. The van der Waals surface area contributed by atoms with Crippen LogP contribution in [0.2, 0.25) is 0 Å². The van der Waals surface area contributed by atoms with Crippen molar-refractivity contribution in [3.05, 3.63) is 54.4 Å². The third-order valence-electron chi connectivity index (χ3n) is 6.47. The Hall–Kier alpha value is -2.34.